The summed E-state index contributed by atoms with van der Waals surface area (Å²) >= 11 is 4.59. The molecule has 0 saturated carbocycles. The number of rotatable bonds is 8. The van der Waals surface area contributed by atoms with Crippen molar-refractivity contribution in [2.75, 3.05) is 18.5 Å². The third-order valence-corrected chi connectivity index (χ3v) is 4.32. The van der Waals surface area contributed by atoms with Crippen LogP contribution in [0.15, 0.2) is 40.2 Å². The molecule has 1 N–H and O–H groups in total. The van der Waals surface area contributed by atoms with E-state index in [1.807, 2.05) is 30.3 Å². The number of halogens is 1. The Balaban J connectivity index is 1.62. The number of esters is 1. The monoisotopic (exact) mass is 422 g/mol. The topological polar surface area (TPSA) is 88.4 Å². The average molecular weight is 423 g/mol. The van der Waals surface area contributed by atoms with Crippen LogP contribution in [0.5, 0.6) is 5.75 Å². The number of carbonyl (C=O) groups excluding carboxylic acids is 2. The van der Waals surface area contributed by atoms with Gasteiger partial charge >= 0.3 is 5.97 Å². The van der Waals surface area contributed by atoms with Crippen molar-refractivity contribution in [3.05, 3.63) is 45.7 Å². The van der Waals surface area contributed by atoms with Crippen molar-refractivity contribution >= 4 is 44.1 Å². The molecule has 8 heteroatoms. The Morgan fingerprint density at radius 3 is 2.92 bits per heavy atom. The fourth-order valence-electron chi connectivity index (χ4n) is 1.84. The van der Waals surface area contributed by atoms with Crippen LogP contribution < -0.4 is 10.1 Å². The zero-order chi connectivity index (χ0) is 18.1. The van der Waals surface area contributed by atoms with Gasteiger partial charge in [0.2, 0.25) is 0 Å². The van der Waals surface area contributed by atoms with E-state index in [4.69, 9.17) is 14.7 Å². The van der Waals surface area contributed by atoms with Gasteiger partial charge in [-0.1, -0.05) is 22.0 Å². The summed E-state index contributed by atoms with van der Waals surface area (Å²) in [6.45, 7) is -0.00738. The van der Waals surface area contributed by atoms with Crippen molar-refractivity contribution in [3.8, 4) is 11.8 Å². The fourth-order valence-corrected chi connectivity index (χ4v) is 2.97. The van der Waals surface area contributed by atoms with Gasteiger partial charge in [0, 0.05) is 10.9 Å². The summed E-state index contributed by atoms with van der Waals surface area (Å²) < 4.78 is 11.3. The number of hydrogen-bond acceptors (Lipinski definition) is 6. The minimum Gasteiger partial charge on any atom is -0.494 e. The molecule has 0 aliphatic carbocycles. The second kappa shape index (κ2) is 9.81. The second-order valence-electron chi connectivity index (χ2n) is 4.89. The van der Waals surface area contributed by atoms with E-state index >= 15 is 0 Å². The van der Waals surface area contributed by atoms with Gasteiger partial charge in [-0.05, 0) is 36.1 Å². The van der Waals surface area contributed by atoms with Crippen molar-refractivity contribution in [3.63, 3.8) is 0 Å². The van der Waals surface area contributed by atoms with Gasteiger partial charge in [0.1, 0.15) is 16.8 Å². The van der Waals surface area contributed by atoms with Crippen LogP contribution in [0.2, 0.25) is 0 Å². The van der Waals surface area contributed by atoms with Crippen molar-refractivity contribution in [1.29, 1.82) is 5.26 Å². The third kappa shape index (κ3) is 6.57. The molecule has 0 unspecified atom stereocenters. The quantitative estimate of drug-likeness (QED) is 0.517. The standard InChI is InChI=1S/C17H15BrN2O4S/c18-13-3-1-4-14(9-13)23-7-2-5-16(22)24-11-15(21)20-17-12(10-19)6-8-25-17/h1,3-4,6,8-9H,2,5,7,11H2,(H,20,21). The van der Waals surface area contributed by atoms with Gasteiger partial charge in [-0.25, -0.2) is 0 Å². The molecule has 0 bridgehead atoms. The van der Waals surface area contributed by atoms with Crippen LogP contribution >= 0.6 is 27.3 Å². The maximum absolute atomic E-state index is 11.7. The van der Waals surface area contributed by atoms with Crippen LogP contribution in [-0.2, 0) is 14.3 Å². The largest absolute Gasteiger partial charge is 0.494 e. The summed E-state index contributed by atoms with van der Waals surface area (Å²) in [5.74, 6) is -0.233. The molecule has 6 nitrogen and oxygen atoms in total. The van der Waals surface area contributed by atoms with Crippen molar-refractivity contribution in [1.82, 2.24) is 0 Å². The Kier molecular flexibility index (Phi) is 7.44. The SMILES string of the molecule is N#Cc1ccsc1NC(=O)COC(=O)CCCOc1cccc(Br)c1. The van der Waals surface area contributed by atoms with Crippen LogP contribution in [0, 0.1) is 11.3 Å². The summed E-state index contributed by atoms with van der Waals surface area (Å²) in [4.78, 5) is 23.3. The molecule has 1 aromatic heterocycles. The highest BCUT2D eigenvalue weighted by atomic mass is 79.9. The summed E-state index contributed by atoms with van der Waals surface area (Å²) in [6, 6.07) is 11.0. The lowest BCUT2D eigenvalue weighted by Crippen LogP contribution is -2.20. The number of amides is 1. The maximum atomic E-state index is 11.7. The highest BCUT2D eigenvalue weighted by molar-refractivity contribution is 9.10. The zero-order valence-electron chi connectivity index (χ0n) is 13.2. The zero-order valence-corrected chi connectivity index (χ0v) is 15.6. The molecule has 1 aromatic carbocycles. The molecule has 0 radical (unpaired) electrons. The first kappa shape index (κ1) is 19.0. The van der Waals surface area contributed by atoms with E-state index in [0.29, 0.717) is 29.3 Å². The number of nitrogens with one attached hydrogen (secondary N) is 1. The number of thiophene rings is 1. The molecular weight excluding hydrogens is 408 g/mol. The van der Waals surface area contributed by atoms with Crippen molar-refractivity contribution in [2.24, 2.45) is 0 Å². The molecule has 0 aliphatic heterocycles. The van der Waals surface area contributed by atoms with Gasteiger partial charge < -0.3 is 14.8 Å². The number of nitriles is 1. The molecule has 0 aliphatic rings. The molecule has 0 saturated heterocycles. The number of anilines is 1. The Bertz CT molecular complexity index is 785. The number of carbonyl (C=O) groups is 2. The third-order valence-electron chi connectivity index (χ3n) is 2.99. The molecule has 0 atom stereocenters. The molecule has 25 heavy (non-hydrogen) atoms. The lowest BCUT2D eigenvalue weighted by Gasteiger charge is -2.07. The molecule has 130 valence electrons. The van der Waals surface area contributed by atoms with Crippen molar-refractivity contribution in [2.45, 2.75) is 12.8 Å². The molecule has 0 fully saturated rings. The lowest BCUT2D eigenvalue weighted by molar-refractivity contribution is -0.147. The first-order valence-corrected chi connectivity index (χ1v) is 9.07. The summed E-state index contributed by atoms with van der Waals surface area (Å²) in [7, 11) is 0. The van der Waals surface area contributed by atoms with Crippen LogP contribution in [0.1, 0.15) is 18.4 Å². The Morgan fingerprint density at radius 2 is 2.16 bits per heavy atom. The van der Waals surface area contributed by atoms with E-state index in [-0.39, 0.29) is 13.0 Å². The molecule has 1 heterocycles. The first-order chi connectivity index (χ1) is 12.1. The number of hydrogen-bond donors (Lipinski definition) is 1. The van der Waals surface area contributed by atoms with Gasteiger partial charge in [-0.3, -0.25) is 9.59 Å². The molecule has 1 amide bonds. The smallest absolute Gasteiger partial charge is 0.306 e. The van der Waals surface area contributed by atoms with Gasteiger partial charge in [-0.2, -0.15) is 5.26 Å². The Labute approximate surface area is 157 Å². The fraction of sp³-hybridized carbons (Fsp3) is 0.235. The minimum atomic E-state index is -0.474. The number of nitrogens with zero attached hydrogens (tertiary/aromatic N) is 1. The predicted molar refractivity (Wildman–Crippen MR) is 97.5 cm³/mol. The van der Waals surface area contributed by atoms with Crippen LogP contribution in [0.25, 0.3) is 0 Å². The molecule has 0 spiro atoms. The van der Waals surface area contributed by atoms with Gasteiger partial charge in [0.05, 0.1) is 12.2 Å². The van der Waals surface area contributed by atoms with Gasteiger partial charge in [0.25, 0.3) is 5.91 Å². The van der Waals surface area contributed by atoms with E-state index in [1.165, 1.54) is 11.3 Å². The second-order valence-corrected chi connectivity index (χ2v) is 6.73. The van der Waals surface area contributed by atoms with E-state index in [2.05, 4.69) is 21.2 Å². The maximum Gasteiger partial charge on any atom is 0.306 e. The average Bonchev–Trinajstić information content (AvgIpc) is 3.04. The summed E-state index contributed by atoms with van der Waals surface area (Å²) in [5, 5.41) is 13.6. The highest BCUT2D eigenvalue weighted by Gasteiger charge is 2.11. The van der Waals surface area contributed by atoms with E-state index in [9.17, 15) is 9.59 Å². The Hall–Kier alpha value is -2.37. The molecule has 2 aromatic rings. The minimum absolute atomic E-state index is 0.156. The summed E-state index contributed by atoms with van der Waals surface area (Å²) in [5.41, 5.74) is 0.384. The lowest BCUT2D eigenvalue weighted by atomic mass is 10.3. The molecule has 2 rings (SSSR count). The van der Waals surface area contributed by atoms with Crippen molar-refractivity contribution < 1.29 is 19.1 Å². The van der Waals surface area contributed by atoms with Crippen LogP contribution in [-0.4, -0.2) is 25.1 Å². The van der Waals surface area contributed by atoms with E-state index in [1.54, 1.807) is 11.4 Å². The van der Waals surface area contributed by atoms with Gasteiger partial charge in [-0.15, -0.1) is 11.3 Å². The predicted octanol–water partition coefficient (Wildman–Crippen LogP) is 3.72. The van der Waals surface area contributed by atoms with Gasteiger partial charge in [0.15, 0.2) is 6.61 Å². The normalized spacial score (nSPS) is 9.92. The summed E-state index contributed by atoms with van der Waals surface area (Å²) in [6.07, 6.45) is 0.639. The van der Waals surface area contributed by atoms with Crippen LogP contribution in [0.3, 0.4) is 0 Å². The number of ether oxygens (including phenoxy) is 2. The first-order valence-electron chi connectivity index (χ1n) is 7.40. The van der Waals surface area contributed by atoms with Crippen LogP contribution in [0.4, 0.5) is 5.00 Å². The highest BCUT2D eigenvalue weighted by Crippen LogP contribution is 2.22. The molecular formula is C17H15BrN2O4S. The Morgan fingerprint density at radius 1 is 1.32 bits per heavy atom. The van der Waals surface area contributed by atoms with E-state index in [0.717, 1.165) is 4.47 Å². The van der Waals surface area contributed by atoms with E-state index < -0.39 is 11.9 Å². The number of benzene rings is 1.